The van der Waals surface area contributed by atoms with Gasteiger partial charge in [-0.25, -0.2) is 0 Å². The number of aryl methyl sites for hydroxylation is 3. The van der Waals surface area contributed by atoms with Crippen LogP contribution in [-0.2, 0) is 17.6 Å². The Balaban J connectivity index is 1.51. The van der Waals surface area contributed by atoms with E-state index in [0.29, 0.717) is 0 Å². The fourth-order valence-electron chi connectivity index (χ4n) is 4.20. The van der Waals surface area contributed by atoms with Gasteiger partial charge in [-0.15, -0.1) is 0 Å². The van der Waals surface area contributed by atoms with E-state index < -0.39 is 6.10 Å². The van der Waals surface area contributed by atoms with Gasteiger partial charge in [-0.3, -0.25) is 4.79 Å². The Morgan fingerprint density at radius 2 is 1.60 bits per heavy atom. The van der Waals surface area contributed by atoms with Gasteiger partial charge in [-0.2, -0.15) is 0 Å². The van der Waals surface area contributed by atoms with Crippen LogP contribution in [0.2, 0.25) is 0 Å². The molecule has 1 amide bonds. The SMILES string of the molecule is Cc1ccccc1[C@@H](NC(=O)[C@H](C)Oc1ccc2c(c1)CCCC2)c1ccccc1. The average molecular weight is 400 g/mol. The van der Waals surface area contributed by atoms with Gasteiger partial charge in [0.15, 0.2) is 6.10 Å². The summed E-state index contributed by atoms with van der Waals surface area (Å²) in [4.78, 5) is 13.1. The fourth-order valence-corrected chi connectivity index (χ4v) is 4.20. The molecular formula is C27H29NO2. The van der Waals surface area contributed by atoms with E-state index in [1.807, 2.05) is 55.5 Å². The highest BCUT2D eigenvalue weighted by Crippen LogP contribution is 2.27. The number of benzene rings is 3. The van der Waals surface area contributed by atoms with Gasteiger partial charge in [0.2, 0.25) is 0 Å². The predicted octanol–water partition coefficient (Wildman–Crippen LogP) is 5.55. The number of nitrogens with one attached hydrogen (secondary N) is 1. The second kappa shape index (κ2) is 9.17. The van der Waals surface area contributed by atoms with E-state index >= 15 is 0 Å². The first-order chi connectivity index (χ1) is 14.6. The highest BCUT2D eigenvalue weighted by molar-refractivity contribution is 5.81. The molecule has 0 fully saturated rings. The summed E-state index contributed by atoms with van der Waals surface area (Å²) in [6.45, 7) is 3.89. The number of ether oxygens (including phenoxy) is 1. The van der Waals surface area contributed by atoms with Gasteiger partial charge in [-0.05, 0) is 79.5 Å². The molecule has 4 rings (SSSR count). The van der Waals surface area contributed by atoms with Crippen molar-refractivity contribution in [3.05, 3.63) is 101 Å². The molecule has 0 bridgehead atoms. The molecule has 154 valence electrons. The summed E-state index contributed by atoms with van der Waals surface area (Å²) in [6, 6.07) is 24.3. The lowest BCUT2D eigenvalue weighted by molar-refractivity contribution is -0.127. The lowest BCUT2D eigenvalue weighted by Crippen LogP contribution is -2.39. The zero-order valence-corrected chi connectivity index (χ0v) is 17.7. The summed E-state index contributed by atoms with van der Waals surface area (Å²) in [5.41, 5.74) is 6.07. The molecule has 1 aliphatic rings. The van der Waals surface area contributed by atoms with E-state index in [0.717, 1.165) is 35.3 Å². The van der Waals surface area contributed by atoms with Crippen molar-refractivity contribution in [2.75, 3.05) is 0 Å². The van der Waals surface area contributed by atoms with E-state index in [9.17, 15) is 4.79 Å². The number of fused-ring (bicyclic) bond motifs is 1. The summed E-state index contributed by atoms with van der Waals surface area (Å²) in [7, 11) is 0. The number of carbonyl (C=O) groups is 1. The quantitative estimate of drug-likeness (QED) is 0.590. The first kappa shape index (κ1) is 20.2. The Morgan fingerprint density at radius 3 is 2.37 bits per heavy atom. The van der Waals surface area contributed by atoms with Gasteiger partial charge in [0.05, 0.1) is 6.04 Å². The number of amides is 1. The highest BCUT2D eigenvalue weighted by Gasteiger charge is 2.23. The number of rotatable bonds is 6. The number of carbonyl (C=O) groups excluding carboxylic acids is 1. The van der Waals surface area contributed by atoms with Crippen molar-refractivity contribution in [2.24, 2.45) is 0 Å². The summed E-state index contributed by atoms with van der Waals surface area (Å²) in [5.74, 6) is 0.648. The fraction of sp³-hybridized carbons (Fsp3) is 0.296. The van der Waals surface area contributed by atoms with E-state index in [1.165, 1.54) is 24.0 Å². The van der Waals surface area contributed by atoms with Crippen LogP contribution >= 0.6 is 0 Å². The third kappa shape index (κ3) is 4.56. The van der Waals surface area contributed by atoms with Gasteiger partial charge in [0.25, 0.3) is 5.91 Å². The zero-order chi connectivity index (χ0) is 20.9. The highest BCUT2D eigenvalue weighted by atomic mass is 16.5. The van der Waals surface area contributed by atoms with Crippen LogP contribution in [0.25, 0.3) is 0 Å². The Labute approximate surface area is 179 Å². The molecule has 0 spiro atoms. The van der Waals surface area contributed by atoms with E-state index in [4.69, 9.17) is 4.74 Å². The Kier molecular flexibility index (Phi) is 6.18. The summed E-state index contributed by atoms with van der Waals surface area (Å²) >= 11 is 0. The Bertz CT molecular complexity index is 1010. The van der Waals surface area contributed by atoms with Crippen molar-refractivity contribution in [1.82, 2.24) is 5.32 Å². The van der Waals surface area contributed by atoms with Crippen LogP contribution in [0.4, 0.5) is 0 Å². The summed E-state index contributed by atoms with van der Waals surface area (Å²) < 4.78 is 6.03. The third-order valence-electron chi connectivity index (χ3n) is 5.92. The van der Waals surface area contributed by atoms with Crippen molar-refractivity contribution < 1.29 is 9.53 Å². The van der Waals surface area contributed by atoms with Gasteiger partial charge < -0.3 is 10.1 Å². The van der Waals surface area contributed by atoms with Crippen LogP contribution in [0.1, 0.15) is 53.6 Å². The zero-order valence-electron chi connectivity index (χ0n) is 17.7. The van der Waals surface area contributed by atoms with Crippen molar-refractivity contribution in [3.63, 3.8) is 0 Å². The molecule has 1 N–H and O–H groups in total. The Morgan fingerprint density at radius 1 is 0.900 bits per heavy atom. The van der Waals surface area contributed by atoms with E-state index in [2.05, 4.69) is 36.5 Å². The van der Waals surface area contributed by atoms with Gasteiger partial charge in [0.1, 0.15) is 5.75 Å². The lowest BCUT2D eigenvalue weighted by Gasteiger charge is -2.24. The lowest BCUT2D eigenvalue weighted by atomic mass is 9.92. The van der Waals surface area contributed by atoms with Crippen LogP contribution in [0.3, 0.4) is 0 Å². The molecule has 0 saturated carbocycles. The van der Waals surface area contributed by atoms with Gasteiger partial charge in [0, 0.05) is 0 Å². The minimum absolute atomic E-state index is 0.121. The molecular weight excluding hydrogens is 370 g/mol. The standard InChI is InChI=1S/C27H29NO2/c1-19-10-6-9-15-25(19)26(22-12-4-3-5-13-22)28-27(29)20(2)30-24-17-16-21-11-7-8-14-23(21)18-24/h3-6,9-10,12-13,15-18,20,26H,7-8,11,14H2,1-2H3,(H,28,29)/t20-,26-/m0/s1. The molecule has 3 heteroatoms. The molecule has 0 radical (unpaired) electrons. The Hall–Kier alpha value is -3.07. The van der Waals surface area contributed by atoms with Gasteiger partial charge in [-0.1, -0.05) is 60.7 Å². The van der Waals surface area contributed by atoms with Crippen molar-refractivity contribution >= 4 is 5.91 Å². The molecule has 3 aromatic carbocycles. The monoisotopic (exact) mass is 399 g/mol. The first-order valence-electron chi connectivity index (χ1n) is 10.8. The maximum Gasteiger partial charge on any atom is 0.261 e. The smallest absolute Gasteiger partial charge is 0.261 e. The normalized spacial score (nSPS) is 15.0. The van der Waals surface area contributed by atoms with E-state index in [1.54, 1.807) is 0 Å². The summed E-state index contributed by atoms with van der Waals surface area (Å²) in [5, 5.41) is 3.21. The van der Waals surface area contributed by atoms with Crippen LogP contribution < -0.4 is 10.1 Å². The minimum atomic E-state index is -0.582. The molecule has 3 nitrogen and oxygen atoms in total. The molecule has 0 unspecified atom stereocenters. The molecule has 0 heterocycles. The number of hydrogen-bond acceptors (Lipinski definition) is 2. The second-order valence-corrected chi connectivity index (χ2v) is 8.11. The second-order valence-electron chi connectivity index (χ2n) is 8.11. The van der Waals surface area contributed by atoms with Crippen LogP contribution in [0, 0.1) is 6.92 Å². The maximum atomic E-state index is 13.1. The molecule has 1 aliphatic carbocycles. The summed E-state index contributed by atoms with van der Waals surface area (Å²) in [6.07, 6.45) is 4.13. The molecule has 3 aromatic rings. The topological polar surface area (TPSA) is 38.3 Å². The molecule has 2 atom stereocenters. The maximum absolute atomic E-state index is 13.1. The molecule has 0 saturated heterocycles. The van der Waals surface area contributed by atoms with Crippen LogP contribution in [0.15, 0.2) is 72.8 Å². The van der Waals surface area contributed by atoms with Crippen LogP contribution in [-0.4, -0.2) is 12.0 Å². The molecule has 0 aromatic heterocycles. The number of hydrogen-bond donors (Lipinski definition) is 1. The largest absolute Gasteiger partial charge is 0.481 e. The third-order valence-corrected chi connectivity index (χ3v) is 5.92. The first-order valence-corrected chi connectivity index (χ1v) is 10.8. The minimum Gasteiger partial charge on any atom is -0.481 e. The van der Waals surface area contributed by atoms with E-state index in [-0.39, 0.29) is 11.9 Å². The molecule has 30 heavy (non-hydrogen) atoms. The van der Waals surface area contributed by atoms with Crippen LogP contribution in [0.5, 0.6) is 5.75 Å². The predicted molar refractivity (Wildman–Crippen MR) is 121 cm³/mol. The average Bonchev–Trinajstić information content (AvgIpc) is 2.78. The van der Waals surface area contributed by atoms with Crippen molar-refractivity contribution in [1.29, 1.82) is 0 Å². The molecule has 0 aliphatic heterocycles. The van der Waals surface area contributed by atoms with Crippen molar-refractivity contribution in [2.45, 2.75) is 51.7 Å². The van der Waals surface area contributed by atoms with Gasteiger partial charge >= 0.3 is 0 Å². The van der Waals surface area contributed by atoms with Crippen molar-refractivity contribution in [3.8, 4) is 5.75 Å².